The average molecular weight is 528 g/mol. The maximum Gasteiger partial charge on any atom is 0.309 e. The maximum atomic E-state index is 14.8. The van der Waals surface area contributed by atoms with Crippen molar-refractivity contribution in [3.63, 3.8) is 0 Å². The van der Waals surface area contributed by atoms with Gasteiger partial charge >= 0.3 is 5.97 Å². The molecular formula is C28H34FN3O6. The monoisotopic (exact) mass is 527 g/mol. The van der Waals surface area contributed by atoms with Gasteiger partial charge in [-0.05, 0) is 63.0 Å². The Morgan fingerprint density at radius 2 is 1.79 bits per heavy atom. The first-order chi connectivity index (χ1) is 18.0. The van der Waals surface area contributed by atoms with Crippen LogP contribution in [-0.2, 0) is 4.79 Å². The van der Waals surface area contributed by atoms with E-state index in [0.29, 0.717) is 32.2 Å². The summed E-state index contributed by atoms with van der Waals surface area (Å²) in [6.45, 7) is 4.37. The topological polar surface area (TPSA) is 127 Å². The number of carboxylic acid groups (broad SMARTS) is 1. The molecule has 9 nitrogen and oxygen atoms in total. The summed E-state index contributed by atoms with van der Waals surface area (Å²) in [4.78, 5) is 41.7. The predicted octanol–water partition coefficient (Wildman–Crippen LogP) is 4.81. The van der Waals surface area contributed by atoms with Gasteiger partial charge in [-0.3, -0.25) is 19.4 Å². The Labute approximate surface area is 221 Å². The minimum absolute atomic E-state index is 0.00208. The minimum atomic E-state index is -0.855. The molecule has 1 aromatic heterocycles. The molecule has 2 amide bonds. The summed E-state index contributed by atoms with van der Waals surface area (Å²) < 4.78 is 25.9. The van der Waals surface area contributed by atoms with Crippen molar-refractivity contribution in [2.24, 2.45) is 10.8 Å². The van der Waals surface area contributed by atoms with Crippen molar-refractivity contribution in [1.29, 1.82) is 0 Å². The van der Waals surface area contributed by atoms with E-state index in [-0.39, 0.29) is 45.7 Å². The van der Waals surface area contributed by atoms with Crippen molar-refractivity contribution < 1.29 is 33.4 Å². The summed E-state index contributed by atoms with van der Waals surface area (Å²) in [5.74, 6) is -2.62. The van der Waals surface area contributed by atoms with Crippen molar-refractivity contribution in [2.45, 2.75) is 64.9 Å². The first-order valence-corrected chi connectivity index (χ1v) is 12.8. The van der Waals surface area contributed by atoms with Gasteiger partial charge in [-0.15, -0.1) is 0 Å². The van der Waals surface area contributed by atoms with Crippen LogP contribution >= 0.6 is 0 Å². The molecule has 2 fully saturated rings. The summed E-state index contributed by atoms with van der Waals surface area (Å²) in [5, 5.41) is 15.1. The number of nitrogens with zero attached hydrogens (tertiary/aromatic N) is 1. The SMILES string of the molecule is COc1cc(F)c(OC2CCC(C)(C(=O)O)CC2)cc1C(=O)Nc1cnccc1C(=O)NCC1(C)CCC1. The van der Waals surface area contributed by atoms with E-state index < -0.39 is 23.1 Å². The summed E-state index contributed by atoms with van der Waals surface area (Å²) in [5.41, 5.74) is -0.242. The molecule has 1 heterocycles. The van der Waals surface area contributed by atoms with Crippen LogP contribution in [0.3, 0.4) is 0 Å². The number of rotatable bonds is 9. The van der Waals surface area contributed by atoms with Gasteiger partial charge < -0.3 is 25.2 Å². The third-order valence-electron chi connectivity index (χ3n) is 7.90. The maximum absolute atomic E-state index is 14.8. The van der Waals surface area contributed by atoms with Crippen molar-refractivity contribution in [3.05, 3.63) is 47.5 Å². The molecule has 0 unspecified atom stereocenters. The summed E-state index contributed by atoms with van der Waals surface area (Å²) in [6, 6.07) is 3.87. The lowest BCUT2D eigenvalue weighted by Gasteiger charge is -2.38. The second-order valence-corrected chi connectivity index (χ2v) is 10.9. The number of halogens is 1. The Hall–Kier alpha value is -3.69. The lowest BCUT2D eigenvalue weighted by Crippen LogP contribution is -2.40. The fourth-order valence-electron chi connectivity index (χ4n) is 4.94. The molecule has 2 aromatic rings. The highest BCUT2D eigenvalue weighted by atomic mass is 19.1. The summed E-state index contributed by atoms with van der Waals surface area (Å²) in [6.07, 6.45) is 7.44. The number of aliphatic carboxylic acids is 1. The highest BCUT2D eigenvalue weighted by Crippen LogP contribution is 2.40. The van der Waals surface area contributed by atoms with E-state index in [4.69, 9.17) is 9.47 Å². The Balaban J connectivity index is 1.49. The molecule has 0 aliphatic heterocycles. The van der Waals surface area contributed by atoms with Crippen LogP contribution in [0.25, 0.3) is 0 Å². The molecule has 0 bridgehead atoms. The standard InChI is InChI=1S/C28H34FN3O6/c1-27(8-4-9-27)16-31-24(33)18-7-12-30-15-21(18)32-25(34)19-13-23(20(29)14-22(19)37-3)38-17-5-10-28(2,11-6-17)26(35)36/h7,12-15,17H,4-6,8-11,16H2,1-3H3,(H,31,33)(H,32,34)(H,35,36). The highest BCUT2D eigenvalue weighted by Gasteiger charge is 2.38. The Morgan fingerprint density at radius 1 is 1.08 bits per heavy atom. The number of amides is 2. The quantitative estimate of drug-likeness (QED) is 0.427. The Kier molecular flexibility index (Phi) is 7.89. The van der Waals surface area contributed by atoms with E-state index >= 15 is 0 Å². The number of carbonyl (C=O) groups is 3. The van der Waals surface area contributed by atoms with E-state index in [1.165, 1.54) is 31.6 Å². The van der Waals surface area contributed by atoms with Gasteiger partial charge in [0.25, 0.3) is 11.8 Å². The number of hydrogen-bond acceptors (Lipinski definition) is 6. The van der Waals surface area contributed by atoms with Crippen LogP contribution < -0.4 is 20.1 Å². The third-order valence-corrected chi connectivity index (χ3v) is 7.90. The predicted molar refractivity (Wildman–Crippen MR) is 138 cm³/mol. The molecule has 2 aliphatic rings. The summed E-state index contributed by atoms with van der Waals surface area (Å²) in [7, 11) is 1.32. The molecule has 2 aliphatic carbocycles. The zero-order valence-electron chi connectivity index (χ0n) is 21.9. The number of methoxy groups -OCH3 is 1. The average Bonchev–Trinajstić information content (AvgIpc) is 2.88. The van der Waals surface area contributed by atoms with E-state index in [1.807, 2.05) is 0 Å². The van der Waals surface area contributed by atoms with Crippen molar-refractivity contribution in [3.8, 4) is 11.5 Å². The number of hydrogen-bond donors (Lipinski definition) is 3. The number of anilines is 1. The fourth-order valence-corrected chi connectivity index (χ4v) is 4.94. The van der Waals surface area contributed by atoms with Crippen LogP contribution in [0.4, 0.5) is 10.1 Å². The van der Waals surface area contributed by atoms with Gasteiger partial charge in [0, 0.05) is 18.8 Å². The Bertz CT molecular complexity index is 1220. The molecule has 0 atom stereocenters. The fraction of sp³-hybridized carbons (Fsp3) is 0.500. The van der Waals surface area contributed by atoms with Crippen molar-refractivity contribution in [1.82, 2.24) is 10.3 Å². The number of carboxylic acids is 1. The van der Waals surface area contributed by atoms with E-state index in [0.717, 1.165) is 25.3 Å². The van der Waals surface area contributed by atoms with Gasteiger partial charge in [0.15, 0.2) is 11.6 Å². The van der Waals surface area contributed by atoms with Gasteiger partial charge in [-0.25, -0.2) is 4.39 Å². The molecule has 0 spiro atoms. The van der Waals surface area contributed by atoms with Crippen LogP contribution in [0.1, 0.15) is 79.5 Å². The lowest BCUT2D eigenvalue weighted by atomic mass is 9.70. The highest BCUT2D eigenvalue weighted by molar-refractivity contribution is 6.10. The minimum Gasteiger partial charge on any atom is -0.496 e. The zero-order valence-corrected chi connectivity index (χ0v) is 21.9. The van der Waals surface area contributed by atoms with Gasteiger partial charge in [0.1, 0.15) is 5.75 Å². The first-order valence-electron chi connectivity index (χ1n) is 12.8. The third kappa shape index (κ3) is 5.89. The second kappa shape index (κ2) is 11.0. The number of carbonyl (C=O) groups excluding carboxylic acids is 2. The lowest BCUT2D eigenvalue weighted by molar-refractivity contribution is -0.150. The van der Waals surface area contributed by atoms with E-state index in [2.05, 4.69) is 22.5 Å². The molecule has 0 saturated heterocycles. The number of pyridine rings is 1. The number of benzene rings is 1. The van der Waals surface area contributed by atoms with Crippen LogP contribution in [0, 0.1) is 16.6 Å². The molecule has 2 saturated carbocycles. The van der Waals surface area contributed by atoms with Gasteiger partial charge in [-0.1, -0.05) is 13.3 Å². The smallest absolute Gasteiger partial charge is 0.309 e. The first kappa shape index (κ1) is 27.3. The Morgan fingerprint density at radius 3 is 2.39 bits per heavy atom. The van der Waals surface area contributed by atoms with Crippen molar-refractivity contribution in [2.75, 3.05) is 19.0 Å². The molecular weight excluding hydrogens is 493 g/mol. The molecule has 1 aromatic carbocycles. The van der Waals surface area contributed by atoms with E-state index in [1.54, 1.807) is 6.92 Å². The van der Waals surface area contributed by atoms with Crippen LogP contribution in [0.5, 0.6) is 11.5 Å². The molecule has 204 valence electrons. The number of aromatic nitrogens is 1. The number of nitrogens with one attached hydrogen (secondary N) is 2. The molecule has 3 N–H and O–H groups in total. The van der Waals surface area contributed by atoms with Crippen molar-refractivity contribution >= 4 is 23.5 Å². The molecule has 0 radical (unpaired) electrons. The largest absolute Gasteiger partial charge is 0.496 e. The number of ether oxygens (including phenoxy) is 2. The van der Waals surface area contributed by atoms with Gasteiger partial charge in [0.2, 0.25) is 0 Å². The summed E-state index contributed by atoms with van der Waals surface area (Å²) >= 11 is 0. The van der Waals surface area contributed by atoms with E-state index in [9.17, 15) is 23.9 Å². The van der Waals surface area contributed by atoms with Gasteiger partial charge in [0.05, 0.1) is 41.6 Å². The van der Waals surface area contributed by atoms with Crippen LogP contribution in [0.15, 0.2) is 30.6 Å². The van der Waals surface area contributed by atoms with Crippen LogP contribution in [0.2, 0.25) is 0 Å². The molecule has 10 heteroatoms. The second-order valence-electron chi connectivity index (χ2n) is 10.9. The van der Waals surface area contributed by atoms with Crippen LogP contribution in [-0.4, -0.2) is 47.6 Å². The molecule has 4 rings (SSSR count). The van der Waals surface area contributed by atoms with Gasteiger partial charge in [-0.2, -0.15) is 0 Å². The molecule has 38 heavy (non-hydrogen) atoms. The zero-order chi connectivity index (χ0) is 27.5. The normalized spacial score (nSPS) is 22.1.